The number of carbonyl (C=O) groups is 2. The summed E-state index contributed by atoms with van der Waals surface area (Å²) in [4.78, 5) is 37.7. The molecule has 0 bridgehead atoms. The maximum Gasteiger partial charge on any atom is 0.246 e. The lowest BCUT2D eigenvalue weighted by Gasteiger charge is -2.50. The fourth-order valence-corrected chi connectivity index (χ4v) is 8.09. The van der Waals surface area contributed by atoms with Crippen molar-refractivity contribution in [3.8, 4) is 0 Å². The van der Waals surface area contributed by atoms with Crippen molar-refractivity contribution in [1.29, 1.82) is 0 Å². The van der Waals surface area contributed by atoms with Gasteiger partial charge < -0.3 is 14.8 Å². The summed E-state index contributed by atoms with van der Waals surface area (Å²) in [6, 6.07) is 17.7. The van der Waals surface area contributed by atoms with Crippen LogP contribution < -0.4 is 0 Å². The molecule has 0 saturated carbocycles. The minimum Gasteiger partial charge on any atom is -0.356 e. The molecule has 7 rings (SSSR count). The number of fused-ring (bicyclic) bond motifs is 4. The number of halogens is 4. The van der Waals surface area contributed by atoms with Crippen LogP contribution in [0.2, 0.25) is 20.1 Å². The van der Waals surface area contributed by atoms with Crippen molar-refractivity contribution in [2.75, 3.05) is 19.6 Å². The number of nitrogens with zero attached hydrogens (tertiary/aromatic N) is 3. The van der Waals surface area contributed by atoms with Gasteiger partial charge in [-0.2, -0.15) is 0 Å². The van der Waals surface area contributed by atoms with Crippen molar-refractivity contribution in [3.05, 3.63) is 103 Å². The summed E-state index contributed by atoms with van der Waals surface area (Å²) in [5.74, 6) is -0.124. The minimum absolute atomic E-state index is 0.0201. The molecule has 2 amide bonds. The lowest BCUT2D eigenvalue weighted by molar-refractivity contribution is -0.161. The van der Waals surface area contributed by atoms with Gasteiger partial charge in [-0.1, -0.05) is 76.7 Å². The molecule has 6 nitrogen and oxygen atoms in total. The van der Waals surface area contributed by atoms with Crippen LogP contribution >= 0.6 is 46.4 Å². The van der Waals surface area contributed by atoms with E-state index in [1.165, 1.54) is 0 Å². The Hall–Kier alpha value is -2.74. The van der Waals surface area contributed by atoms with E-state index < -0.39 is 12.1 Å². The molecule has 2 atom stereocenters. The highest BCUT2D eigenvalue weighted by Gasteiger charge is 2.50. The molecule has 4 aromatic rings. The molecule has 0 radical (unpaired) electrons. The zero-order chi connectivity index (χ0) is 29.1. The third-order valence-corrected chi connectivity index (χ3v) is 10.4. The lowest BCUT2D eigenvalue weighted by Crippen LogP contribution is -2.65. The summed E-state index contributed by atoms with van der Waals surface area (Å²) in [5.41, 5.74) is 4.41. The summed E-state index contributed by atoms with van der Waals surface area (Å²) in [5, 5.41) is 3.29. The Morgan fingerprint density at radius 1 is 0.810 bits per heavy atom. The van der Waals surface area contributed by atoms with E-state index in [4.69, 9.17) is 46.4 Å². The molecule has 3 aliphatic rings. The molecule has 3 aromatic carbocycles. The van der Waals surface area contributed by atoms with Gasteiger partial charge in [-0.15, -0.1) is 0 Å². The second-order valence-electron chi connectivity index (χ2n) is 11.3. The van der Waals surface area contributed by atoms with Crippen LogP contribution in [-0.4, -0.2) is 63.2 Å². The predicted octanol–water partition coefficient (Wildman–Crippen LogP) is 7.13. The van der Waals surface area contributed by atoms with Crippen molar-refractivity contribution in [1.82, 2.24) is 19.7 Å². The van der Waals surface area contributed by atoms with Crippen LogP contribution in [-0.2, 0) is 22.6 Å². The van der Waals surface area contributed by atoms with Crippen LogP contribution in [0.5, 0.6) is 0 Å². The van der Waals surface area contributed by atoms with Crippen LogP contribution in [0.25, 0.3) is 10.9 Å². The number of aromatic amines is 1. The van der Waals surface area contributed by atoms with Gasteiger partial charge in [0.15, 0.2) is 0 Å². The number of piperazine rings is 1. The lowest BCUT2D eigenvalue weighted by atomic mass is 9.85. The van der Waals surface area contributed by atoms with Gasteiger partial charge in [0, 0.05) is 79.9 Å². The molecule has 0 aliphatic carbocycles. The Balaban J connectivity index is 1.19. The Labute approximate surface area is 264 Å². The molecular formula is C32H28Cl4N4O2. The summed E-state index contributed by atoms with van der Waals surface area (Å²) >= 11 is 26.3. The van der Waals surface area contributed by atoms with Crippen LogP contribution in [0.15, 0.2) is 60.7 Å². The van der Waals surface area contributed by atoms with Gasteiger partial charge >= 0.3 is 0 Å². The van der Waals surface area contributed by atoms with Crippen molar-refractivity contribution >= 4 is 69.1 Å². The molecule has 0 unspecified atom stereocenters. The van der Waals surface area contributed by atoms with Crippen LogP contribution in [0.4, 0.5) is 0 Å². The maximum absolute atomic E-state index is 14.3. The molecular weight excluding hydrogens is 614 g/mol. The number of carbonyl (C=O) groups excluding carboxylic acids is 2. The maximum atomic E-state index is 14.3. The normalized spacial score (nSPS) is 21.6. The number of para-hydroxylation sites is 1. The van der Waals surface area contributed by atoms with Crippen molar-refractivity contribution in [2.24, 2.45) is 0 Å². The Morgan fingerprint density at radius 3 is 2.14 bits per heavy atom. The molecule has 4 heterocycles. The van der Waals surface area contributed by atoms with Gasteiger partial charge in [-0.25, -0.2) is 0 Å². The summed E-state index contributed by atoms with van der Waals surface area (Å²) in [6.07, 6.45) is 1.97. The molecule has 1 N–H and O–H groups in total. The molecule has 1 aromatic heterocycles. The first-order chi connectivity index (χ1) is 20.3. The quantitative estimate of drug-likeness (QED) is 0.258. The molecule has 0 spiro atoms. The first kappa shape index (κ1) is 28.1. The number of aromatic nitrogens is 1. The highest BCUT2D eigenvalue weighted by atomic mass is 35.5. The van der Waals surface area contributed by atoms with Crippen LogP contribution in [0.1, 0.15) is 41.3 Å². The van der Waals surface area contributed by atoms with Crippen molar-refractivity contribution < 1.29 is 9.59 Å². The fraction of sp³-hybridized carbons (Fsp3) is 0.312. The number of hydrogen-bond donors (Lipinski definition) is 1. The number of hydrogen-bond acceptors (Lipinski definition) is 3. The summed E-state index contributed by atoms with van der Waals surface area (Å²) in [7, 11) is 0. The van der Waals surface area contributed by atoms with E-state index in [9.17, 15) is 9.59 Å². The average Bonchev–Trinajstić information content (AvgIpc) is 3.35. The largest absolute Gasteiger partial charge is 0.356 e. The van der Waals surface area contributed by atoms with Crippen LogP contribution in [0, 0.1) is 0 Å². The first-order valence-electron chi connectivity index (χ1n) is 14.1. The van der Waals surface area contributed by atoms with E-state index in [0.29, 0.717) is 38.6 Å². The average molecular weight is 642 g/mol. The third kappa shape index (κ3) is 4.68. The number of likely N-dealkylation sites (tertiary alicyclic amines) is 1. The number of amides is 2. The van der Waals surface area contributed by atoms with Gasteiger partial charge in [-0.3, -0.25) is 14.5 Å². The summed E-state index contributed by atoms with van der Waals surface area (Å²) in [6.45, 7) is 2.24. The fourth-order valence-electron chi connectivity index (χ4n) is 6.97. The zero-order valence-corrected chi connectivity index (χ0v) is 25.6. The topological polar surface area (TPSA) is 59.7 Å². The Morgan fingerprint density at radius 2 is 1.45 bits per heavy atom. The van der Waals surface area contributed by atoms with E-state index in [2.05, 4.69) is 16.0 Å². The Bertz CT molecular complexity index is 1670. The number of rotatable bonds is 4. The van der Waals surface area contributed by atoms with Crippen molar-refractivity contribution in [2.45, 2.75) is 43.9 Å². The van der Waals surface area contributed by atoms with Crippen molar-refractivity contribution in [3.63, 3.8) is 0 Å². The standard InChI is InChI=1S/C32H28Cl4N4O2/c33-22-6-3-7-23(34)21(22)16-38-13-11-18(12-14-38)39-17-28(41)40-27(32(39)42)15-20-19-5-1-2-10-26(19)37-30(20)31(40)29-24(35)8-4-9-25(29)36/h1-10,18,27,31,37H,11-17H2/t27-,31-/m1/s1. The summed E-state index contributed by atoms with van der Waals surface area (Å²) < 4.78 is 0. The van der Waals surface area contributed by atoms with E-state index in [1.807, 2.05) is 41.3 Å². The number of H-pyrrole nitrogens is 1. The van der Waals surface area contributed by atoms with E-state index >= 15 is 0 Å². The van der Waals surface area contributed by atoms with Crippen LogP contribution in [0.3, 0.4) is 0 Å². The van der Waals surface area contributed by atoms with E-state index in [0.717, 1.165) is 53.7 Å². The monoisotopic (exact) mass is 640 g/mol. The second-order valence-corrected chi connectivity index (χ2v) is 12.9. The van der Waals surface area contributed by atoms with Gasteiger partial charge in [0.25, 0.3) is 0 Å². The van der Waals surface area contributed by atoms with Gasteiger partial charge in [0.05, 0.1) is 0 Å². The van der Waals surface area contributed by atoms with Gasteiger partial charge in [-0.05, 0) is 48.7 Å². The molecule has 10 heteroatoms. The van der Waals surface area contributed by atoms with Gasteiger partial charge in [0.2, 0.25) is 11.8 Å². The molecule has 42 heavy (non-hydrogen) atoms. The third-order valence-electron chi connectivity index (χ3n) is 9.01. The van der Waals surface area contributed by atoms with Gasteiger partial charge in [0.1, 0.15) is 18.6 Å². The van der Waals surface area contributed by atoms with E-state index in [-0.39, 0.29) is 24.4 Å². The SMILES string of the molecule is O=C1[C@H]2Cc3c([nH]c4ccccc34)[C@@H](c3c(Cl)cccc3Cl)N2C(=O)CN1C1CCN(Cc2c(Cl)cccc2Cl)CC1. The Kier molecular flexibility index (Phi) is 7.40. The van der Waals surface area contributed by atoms with E-state index in [1.54, 1.807) is 23.1 Å². The predicted molar refractivity (Wildman–Crippen MR) is 167 cm³/mol. The smallest absolute Gasteiger partial charge is 0.246 e. The number of benzene rings is 3. The molecule has 2 fully saturated rings. The highest BCUT2D eigenvalue weighted by Crippen LogP contribution is 2.46. The number of nitrogens with one attached hydrogen (secondary N) is 1. The zero-order valence-electron chi connectivity index (χ0n) is 22.6. The molecule has 2 saturated heterocycles. The molecule has 3 aliphatic heterocycles. The second kappa shape index (κ2) is 11.1. The minimum atomic E-state index is -0.643. The highest BCUT2D eigenvalue weighted by molar-refractivity contribution is 6.36. The molecule has 216 valence electrons. The number of piperidine rings is 1. The first-order valence-corrected chi connectivity index (χ1v) is 15.6.